The van der Waals surface area contributed by atoms with Crippen molar-refractivity contribution in [1.82, 2.24) is 9.97 Å². The molecule has 0 bridgehead atoms. The highest BCUT2D eigenvalue weighted by Gasteiger charge is 2.08. The summed E-state index contributed by atoms with van der Waals surface area (Å²) in [5.74, 6) is 0. The van der Waals surface area contributed by atoms with Crippen LogP contribution in [0.5, 0.6) is 0 Å². The van der Waals surface area contributed by atoms with Crippen LogP contribution in [0.25, 0.3) is 0 Å². The molecule has 0 aliphatic carbocycles. The smallest absolute Gasteiger partial charge is 0.223 e. The summed E-state index contributed by atoms with van der Waals surface area (Å²) in [5, 5.41) is 1.09. The molecule has 0 spiro atoms. The minimum absolute atomic E-state index is 0.264. The van der Waals surface area contributed by atoms with E-state index in [0.717, 1.165) is 9.50 Å². The van der Waals surface area contributed by atoms with E-state index in [1.807, 2.05) is 0 Å². The topological polar surface area (TPSA) is 25.8 Å². The van der Waals surface area contributed by atoms with Gasteiger partial charge in [0, 0.05) is 11.1 Å². The summed E-state index contributed by atoms with van der Waals surface area (Å²) in [7, 11) is 0. The third kappa shape index (κ3) is 3.21. The zero-order valence-electron chi connectivity index (χ0n) is 9.37. The first-order valence-corrected chi connectivity index (χ1v) is 6.98. The van der Waals surface area contributed by atoms with Crippen LogP contribution in [0.1, 0.15) is 11.1 Å². The lowest BCUT2D eigenvalue weighted by atomic mass is 10.2. The maximum Gasteiger partial charge on any atom is 0.223 e. The SMILES string of the molecule is Cc1ccc(Sc2nc(Cl)ncc2Br)c(C)c1. The molecule has 0 amide bonds. The lowest BCUT2D eigenvalue weighted by Gasteiger charge is -2.07. The first kappa shape index (κ1) is 12.9. The standard InChI is InChI=1S/C12H10BrClN2S/c1-7-3-4-10(8(2)5-7)17-11-9(13)6-15-12(14)16-11/h3-6H,1-2H3. The fourth-order valence-corrected chi connectivity index (χ4v) is 2.88. The Balaban J connectivity index is 2.34. The maximum atomic E-state index is 5.79. The number of hydrogen-bond donors (Lipinski definition) is 0. The summed E-state index contributed by atoms with van der Waals surface area (Å²) in [6.45, 7) is 4.17. The van der Waals surface area contributed by atoms with Crippen LogP contribution in [-0.4, -0.2) is 9.97 Å². The van der Waals surface area contributed by atoms with Gasteiger partial charge in [-0.2, -0.15) is 0 Å². The first-order valence-electron chi connectivity index (χ1n) is 4.99. The van der Waals surface area contributed by atoms with Crippen LogP contribution in [0.4, 0.5) is 0 Å². The van der Waals surface area contributed by atoms with E-state index in [4.69, 9.17) is 11.6 Å². The molecule has 17 heavy (non-hydrogen) atoms. The van der Waals surface area contributed by atoms with Gasteiger partial charge in [0.15, 0.2) is 0 Å². The zero-order chi connectivity index (χ0) is 12.4. The Morgan fingerprint density at radius 1 is 1.29 bits per heavy atom. The zero-order valence-corrected chi connectivity index (χ0v) is 12.5. The van der Waals surface area contributed by atoms with Gasteiger partial charge in [0.1, 0.15) is 5.03 Å². The lowest BCUT2D eigenvalue weighted by molar-refractivity contribution is 1.02. The molecule has 0 saturated heterocycles. The van der Waals surface area contributed by atoms with Gasteiger partial charge in [-0.05, 0) is 53.0 Å². The van der Waals surface area contributed by atoms with E-state index in [1.54, 1.807) is 18.0 Å². The molecule has 0 aliphatic heterocycles. The predicted molar refractivity (Wildman–Crippen MR) is 74.8 cm³/mol. The summed E-state index contributed by atoms with van der Waals surface area (Å²) < 4.78 is 0.854. The Morgan fingerprint density at radius 2 is 2.06 bits per heavy atom. The molecule has 1 aromatic heterocycles. The maximum absolute atomic E-state index is 5.79. The van der Waals surface area contributed by atoms with Crippen molar-refractivity contribution in [3.05, 3.63) is 45.3 Å². The molecule has 1 heterocycles. The number of hydrogen-bond acceptors (Lipinski definition) is 3. The minimum atomic E-state index is 0.264. The molecule has 2 nitrogen and oxygen atoms in total. The highest BCUT2D eigenvalue weighted by molar-refractivity contribution is 9.10. The fourth-order valence-electron chi connectivity index (χ4n) is 1.42. The summed E-state index contributed by atoms with van der Waals surface area (Å²) >= 11 is 10.8. The van der Waals surface area contributed by atoms with E-state index in [0.29, 0.717) is 0 Å². The highest BCUT2D eigenvalue weighted by Crippen LogP contribution is 2.34. The van der Waals surface area contributed by atoms with E-state index < -0.39 is 0 Å². The molecule has 0 saturated carbocycles. The molecular weight excluding hydrogens is 320 g/mol. The van der Waals surface area contributed by atoms with Crippen molar-refractivity contribution in [2.45, 2.75) is 23.8 Å². The van der Waals surface area contributed by atoms with Gasteiger partial charge in [-0.1, -0.05) is 29.5 Å². The second kappa shape index (κ2) is 5.38. The Labute approximate surface area is 118 Å². The normalized spacial score (nSPS) is 10.6. The van der Waals surface area contributed by atoms with Gasteiger partial charge in [0.05, 0.1) is 4.47 Å². The minimum Gasteiger partial charge on any atom is -0.225 e. The highest BCUT2D eigenvalue weighted by atomic mass is 79.9. The van der Waals surface area contributed by atoms with Gasteiger partial charge in [-0.3, -0.25) is 0 Å². The Bertz CT molecular complexity index is 560. The summed E-state index contributed by atoms with van der Waals surface area (Å²) in [6, 6.07) is 6.34. The van der Waals surface area contributed by atoms with Crippen LogP contribution in [0.3, 0.4) is 0 Å². The Morgan fingerprint density at radius 3 is 2.76 bits per heavy atom. The average molecular weight is 330 g/mol. The molecule has 5 heteroatoms. The van der Waals surface area contributed by atoms with Gasteiger partial charge >= 0.3 is 0 Å². The van der Waals surface area contributed by atoms with Crippen molar-refractivity contribution in [2.75, 3.05) is 0 Å². The van der Waals surface area contributed by atoms with Crippen LogP contribution in [0, 0.1) is 13.8 Å². The van der Waals surface area contributed by atoms with Crippen LogP contribution >= 0.6 is 39.3 Å². The number of benzene rings is 1. The van der Waals surface area contributed by atoms with Crippen molar-refractivity contribution >= 4 is 39.3 Å². The monoisotopic (exact) mass is 328 g/mol. The van der Waals surface area contributed by atoms with Crippen molar-refractivity contribution in [2.24, 2.45) is 0 Å². The molecule has 0 fully saturated rings. The van der Waals surface area contributed by atoms with E-state index in [2.05, 4.69) is 57.9 Å². The average Bonchev–Trinajstić information content (AvgIpc) is 2.27. The van der Waals surface area contributed by atoms with E-state index in [9.17, 15) is 0 Å². The van der Waals surface area contributed by atoms with Gasteiger partial charge in [0.25, 0.3) is 0 Å². The quantitative estimate of drug-likeness (QED) is 0.592. The third-order valence-electron chi connectivity index (χ3n) is 2.22. The Hall–Kier alpha value is -0.580. The van der Waals surface area contributed by atoms with E-state index in [-0.39, 0.29) is 5.28 Å². The molecular formula is C12H10BrClN2S. The molecule has 0 unspecified atom stereocenters. The lowest BCUT2D eigenvalue weighted by Crippen LogP contribution is -1.88. The van der Waals surface area contributed by atoms with Crippen molar-refractivity contribution in [3.8, 4) is 0 Å². The largest absolute Gasteiger partial charge is 0.225 e. The van der Waals surface area contributed by atoms with Gasteiger partial charge in [-0.15, -0.1) is 0 Å². The van der Waals surface area contributed by atoms with Crippen LogP contribution in [0.15, 0.2) is 38.8 Å². The summed E-state index contributed by atoms with van der Waals surface area (Å²) in [6.07, 6.45) is 1.67. The second-order valence-electron chi connectivity index (χ2n) is 3.66. The first-order chi connectivity index (χ1) is 8.06. The van der Waals surface area contributed by atoms with Gasteiger partial charge in [-0.25, -0.2) is 9.97 Å². The second-order valence-corrected chi connectivity index (χ2v) is 5.89. The summed E-state index contributed by atoms with van der Waals surface area (Å²) in [4.78, 5) is 9.29. The van der Waals surface area contributed by atoms with E-state index in [1.165, 1.54) is 16.0 Å². The molecule has 2 rings (SSSR count). The van der Waals surface area contributed by atoms with Gasteiger partial charge in [0.2, 0.25) is 5.28 Å². The molecule has 2 aromatic rings. The molecule has 1 aromatic carbocycles. The molecule has 0 aliphatic rings. The number of rotatable bonds is 2. The number of nitrogens with zero attached hydrogens (tertiary/aromatic N) is 2. The van der Waals surface area contributed by atoms with Crippen molar-refractivity contribution in [3.63, 3.8) is 0 Å². The van der Waals surface area contributed by atoms with Crippen LogP contribution in [0.2, 0.25) is 5.28 Å². The van der Waals surface area contributed by atoms with Gasteiger partial charge < -0.3 is 0 Å². The predicted octanol–water partition coefficient (Wildman–Crippen LogP) is 4.66. The molecule has 0 radical (unpaired) electrons. The molecule has 0 N–H and O–H groups in total. The van der Waals surface area contributed by atoms with Crippen LogP contribution < -0.4 is 0 Å². The summed E-state index contributed by atoms with van der Waals surface area (Å²) in [5.41, 5.74) is 2.49. The molecule has 88 valence electrons. The fraction of sp³-hybridized carbons (Fsp3) is 0.167. The van der Waals surface area contributed by atoms with Crippen molar-refractivity contribution in [1.29, 1.82) is 0 Å². The number of halogens is 2. The van der Waals surface area contributed by atoms with Crippen molar-refractivity contribution < 1.29 is 0 Å². The third-order valence-corrected chi connectivity index (χ3v) is 4.43. The number of aryl methyl sites for hydroxylation is 2. The molecule has 0 atom stereocenters. The van der Waals surface area contributed by atoms with E-state index >= 15 is 0 Å². The Kier molecular flexibility index (Phi) is 4.07. The van der Waals surface area contributed by atoms with Crippen LogP contribution in [-0.2, 0) is 0 Å². The number of aromatic nitrogens is 2.